The van der Waals surface area contributed by atoms with E-state index < -0.39 is 90.9 Å². The lowest BCUT2D eigenvalue weighted by Gasteiger charge is -2.33. The van der Waals surface area contributed by atoms with Crippen molar-refractivity contribution in [3.63, 3.8) is 0 Å². The summed E-state index contributed by atoms with van der Waals surface area (Å²) in [6.07, 6.45) is -7.14. The van der Waals surface area contributed by atoms with E-state index in [1.807, 2.05) is 0 Å². The Morgan fingerprint density at radius 2 is 1.14 bits per heavy atom. The second-order valence-electron chi connectivity index (χ2n) is 5.76. The van der Waals surface area contributed by atoms with E-state index in [9.17, 15) is 65.9 Å². The number of hydrogen-bond acceptors (Lipinski definition) is 3. The van der Waals surface area contributed by atoms with Gasteiger partial charge in [0, 0.05) is 6.42 Å². The van der Waals surface area contributed by atoms with Crippen LogP contribution in [-0.2, 0) is 9.47 Å². The van der Waals surface area contributed by atoms with Crippen molar-refractivity contribution in [2.45, 2.75) is 24.4 Å². The van der Waals surface area contributed by atoms with Crippen LogP contribution in [-0.4, -0.2) is 42.9 Å². The SMILES string of the molecule is O/C=C/OCCCOC(F)(/C(F)=C(F)/C(F)=C(F)/C(F)=C(F)/C(F)=C(\F)CF)C(F)(F)C(F)(F)F. The van der Waals surface area contributed by atoms with Gasteiger partial charge in [0.25, 0.3) is 0 Å². The summed E-state index contributed by atoms with van der Waals surface area (Å²) in [5.41, 5.74) is 0. The molecule has 0 fully saturated rings. The molecular weight excluding hydrogens is 537 g/mol. The number of hydrogen-bond donors (Lipinski definition) is 1. The average molecular weight is 548 g/mol. The van der Waals surface area contributed by atoms with Crippen LogP contribution in [0.5, 0.6) is 0 Å². The van der Waals surface area contributed by atoms with Gasteiger partial charge in [-0.2, -0.15) is 26.3 Å². The fraction of sp³-hybridized carbons (Fsp3) is 0.412. The van der Waals surface area contributed by atoms with Crippen molar-refractivity contribution in [3.05, 3.63) is 59.1 Å². The Bertz CT molecular complexity index is 901. The lowest BCUT2D eigenvalue weighted by atomic mass is 10.1. The number of ether oxygens (including phenoxy) is 2. The molecule has 0 bridgehead atoms. The maximum absolute atomic E-state index is 14.4. The van der Waals surface area contributed by atoms with Crippen molar-refractivity contribution in [1.29, 1.82) is 0 Å². The van der Waals surface area contributed by atoms with Gasteiger partial charge < -0.3 is 14.6 Å². The second-order valence-corrected chi connectivity index (χ2v) is 5.76. The molecule has 0 aromatic rings. The molecule has 0 amide bonds. The highest BCUT2D eigenvalue weighted by Crippen LogP contribution is 2.51. The van der Waals surface area contributed by atoms with Crippen LogP contribution in [0.25, 0.3) is 0 Å². The first-order valence-corrected chi connectivity index (χ1v) is 8.38. The van der Waals surface area contributed by atoms with Gasteiger partial charge in [0.2, 0.25) is 23.3 Å². The predicted octanol–water partition coefficient (Wildman–Crippen LogP) is 7.87. The van der Waals surface area contributed by atoms with E-state index in [1.165, 1.54) is 0 Å². The van der Waals surface area contributed by atoms with Crippen molar-refractivity contribution in [3.8, 4) is 0 Å². The van der Waals surface area contributed by atoms with E-state index >= 15 is 0 Å². The molecule has 1 unspecified atom stereocenters. The maximum Gasteiger partial charge on any atom is 0.460 e. The monoisotopic (exact) mass is 548 g/mol. The summed E-state index contributed by atoms with van der Waals surface area (Å²) in [5.74, 6) is -41.8. The van der Waals surface area contributed by atoms with Crippen molar-refractivity contribution < 1.29 is 80.4 Å². The largest absolute Gasteiger partial charge is 0.512 e. The van der Waals surface area contributed by atoms with Crippen LogP contribution in [0.3, 0.4) is 0 Å². The number of halogens is 15. The van der Waals surface area contributed by atoms with Crippen LogP contribution in [0.1, 0.15) is 6.42 Å². The smallest absolute Gasteiger partial charge is 0.460 e. The Hall–Kier alpha value is -2.79. The third-order valence-electron chi connectivity index (χ3n) is 3.42. The zero-order valence-corrected chi connectivity index (χ0v) is 16.4. The summed E-state index contributed by atoms with van der Waals surface area (Å²) in [5, 5.41) is 8.22. The van der Waals surface area contributed by atoms with E-state index in [0.717, 1.165) is 0 Å². The number of rotatable bonds is 12. The Morgan fingerprint density at radius 1 is 0.686 bits per heavy atom. The first-order valence-electron chi connectivity index (χ1n) is 8.38. The number of allylic oxidation sites excluding steroid dienone is 7. The molecule has 0 aliphatic carbocycles. The van der Waals surface area contributed by atoms with Crippen LogP contribution in [0.4, 0.5) is 65.9 Å². The molecule has 3 nitrogen and oxygen atoms in total. The van der Waals surface area contributed by atoms with Gasteiger partial charge in [-0.1, -0.05) is 0 Å². The van der Waals surface area contributed by atoms with Gasteiger partial charge in [0.05, 0.1) is 13.2 Å². The van der Waals surface area contributed by atoms with E-state index in [1.54, 1.807) is 0 Å². The summed E-state index contributed by atoms with van der Waals surface area (Å²) >= 11 is 0. The van der Waals surface area contributed by atoms with Gasteiger partial charge >= 0.3 is 18.0 Å². The topological polar surface area (TPSA) is 38.7 Å². The minimum absolute atomic E-state index is 0.267. The summed E-state index contributed by atoms with van der Waals surface area (Å²) in [6, 6.07) is 0. The van der Waals surface area contributed by atoms with Crippen molar-refractivity contribution >= 4 is 0 Å². The van der Waals surface area contributed by atoms with Crippen LogP contribution < -0.4 is 0 Å². The molecule has 0 rings (SSSR count). The zero-order chi connectivity index (χ0) is 27.8. The summed E-state index contributed by atoms with van der Waals surface area (Å²) < 4.78 is 206. The minimum Gasteiger partial charge on any atom is -0.512 e. The fourth-order valence-electron chi connectivity index (χ4n) is 1.74. The molecule has 0 aromatic heterocycles. The van der Waals surface area contributed by atoms with Crippen molar-refractivity contribution in [2.24, 2.45) is 0 Å². The molecule has 35 heavy (non-hydrogen) atoms. The molecule has 0 aliphatic heterocycles. The Labute approximate surface area is 185 Å². The van der Waals surface area contributed by atoms with E-state index in [4.69, 9.17) is 5.11 Å². The van der Waals surface area contributed by atoms with Crippen LogP contribution in [0.2, 0.25) is 0 Å². The Kier molecular flexibility index (Phi) is 11.8. The van der Waals surface area contributed by atoms with Crippen LogP contribution in [0, 0.1) is 0 Å². The normalized spacial score (nSPS) is 17.9. The number of alkyl halides is 7. The van der Waals surface area contributed by atoms with Crippen LogP contribution in [0.15, 0.2) is 59.1 Å². The summed E-state index contributed by atoms with van der Waals surface area (Å²) in [7, 11) is 0. The molecule has 1 atom stereocenters. The predicted molar refractivity (Wildman–Crippen MR) is 86.1 cm³/mol. The number of aliphatic hydroxyl groups is 1. The summed E-state index contributed by atoms with van der Waals surface area (Å²) in [4.78, 5) is 0. The molecule has 0 saturated heterocycles. The molecule has 0 spiro atoms. The third kappa shape index (κ3) is 7.35. The standard InChI is InChI=1S/C17H11F15O3/c18-6-7(19)8(20)9(21)10(22)11(23)12(24)13(25)14(26)15(27,16(28,29)17(30,31)32)35-4-1-3-34-5-2-33/h2,5,33H,1,3-4,6H2/b5-2+,8-7+,10-9+,12-11+,14-13+. The summed E-state index contributed by atoms with van der Waals surface area (Å²) in [6.45, 7) is -4.83. The molecule has 0 aromatic carbocycles. The maximum atomic E-state index is 14.4. The van der Waals surface area contributed by atoms with Gasteiger partial charge in [0.1, 0.15) is 19.2 Å². The van der Waals surface area contributed by atoms with Gasteiger partial charge in [-0.25, -0.2) is 39.5 Å². The molecule has 1 N–H and O–H groups in total. The lowest BCUT2D eigenvalue weighted by molar-refractivity contribution is -0.375. The van der Waals surface area contributed by atoms with Gasteiger partial charge in [-0.3, -0.25) is 0 Å². The first-order chi connectivity index (χ1) is 15.9. The Morgan fingerprint density at radius 3 is 1.57 bits per heavy atom. The van der Waals surface area contributed by atoms with E-state index in [2.05, 4.69) is 9.47 Å². The molecule has 202 valence electrons. The average Bonchev–Trinajstić information content (AvgIpc) is 2.81. The minimum atomic E-state index is -7.07. The quantitative estimate of drug-likeness (QED) is 0.117. The van der Waals surface area contributed by atoms with Crippen LogP contribution >= 0.6 is 0 Å². The van der Waals surface area contributed by atoms with Crippen molar-refractivity contribution in [2.75, 3.05) is 19.9 Å². The highest BCUT2D eigenvalue weighted by atomic mass is 19.4. The first kappa shape index (κ1) is 32.2. The molecule has 0 heterocycles. The molecule has 0 radical (unpaired) electrons. The van der Waals surface area contributed by atoms with Crippen molar-refractivity contribution in [1.82, 2.24) is 0 Å². The molecular formula is C17H11F15O3. The Balaban J connectivity index is 6.61. The van der Waals surface area contributed by atoms with E-state index in [-0.39, 0.29) is 6.26 Å². The second kappa shape index (κ2) is 12.8. The lowest BCUT2D eigenvalue weighted by Crippen LogP contribution is -2.56. The third-order valence-corrected chi connectivity index (χ3v) is 3.42. The van der Waals surface area contributed by atoms with Gasteiger partial charge in [-0.15, -0.1) is 0 Å². The highest BCUT2D eigenvalue weighted by molar-refractivity contribution is 5.39. The fourth-order valence-corrected chi connectivity index (χ4v) is 1.74. The molecule has 0 saturated carbocycles. The van der Waals surface area contributed by atoms with E-state index in [0.29, 0.717) is 6.26 Å². The molecule has 0 aliphatic rings. The van der Waals surface area contributed by atoms with Gasteiger partial charge in [-0.05, 0) is 0 Å². The highest BCUT2D eigenvalue weighted by Gasteiger charge is 2.75. The zero-order valence-electron chi connectivity index (χ0n) is 16.4. The molecule has 18 heteroatoms. The van der Waals surface area contributed by atoms with Gasteiger partial charge in [0.15, 0.2) is 23.3 Å². The number of aliphatic hydroxyl groups excluding tert-OH is 1.